The van der Waals surface area contributed by atoms with E-state index in [0.29, 0.717) is 5.75 Å². The Morgan fingerprint density at radius 1 is 1.00 bits per heavy atom. The van der Waals surface area contributed by atoms with Gasteiger partial charge in [-0.25, -0.2) is 0 Å². The van der Waals surface area contributed by atoms with Gasteiger partial charge in [-0.05, 0) is 43.2 Å². The molecule has 126 valence electrons. The van der Waals surface area contributed by atoms with Gasteiger partial charge in [0.25, 0.3) is 5.91 Å². The Morgan fingerprint density at radius 2 is 1.75 bits per heavy atom. The van der Waals surface area contributed by atoms with Crippen LogP contribution in [0.25, 0.3) is 0 Å². The zero-order chi connectivity index (χ0) is 17.4. The molecular weight excluding hydrogens is 306 g/mol. The molecule has 2 aromatic rings. The Kier molecular flexibility index (Phi) is 6.37. The number of amides is 1. The molecule has 2 rings (SSSR count). The van der Waals surface area contributed by atoms with Crippen molar-refractivity contribution in [3.05, 3.63) is 59.7 Å². The minimum atomic E-state index is -0.470. The third kappa shape index (κ3) is 5.43. The van der Waals surface area contributed by atoms with Gasteiger partial charge in [-0.15, -0.1) is 0 Å². The molecule has 5 heteroatoms. The minimum Gasteiger partial charge on any atom is -0.493 e. The van der Waals surface area contributed by atoms with Crippen LogP contribution in [0, 0.1) is 13.8 Å². The average molecular weight is 327 g/mol. The topological polar surface area (TPSA) is 64.6 Å². The fraction of sp³-hybridized carbons (Fsp3) is 0.263. The van der Waals surface area contributed by atoms with Crippen molar-refractivity contribution >= 4 is 17.6 Å². The fourth-order valence-electron chi connectivity index (χ4n) is 2.06. The SMILES string of the molecule is Cc1cccc(NC(=O)COC(=O)CCOc2ccccc2)c1C. The van der Waals surface area contributed by atoms with E-state index < -0.39 is 5.97 Å². The van der Waals surface area contributed by atoms with Crippen LogP contribution < -0.4 is 10.1 Å². The molecule has 0 aromatic heterocycles. The van der Waals surface area contributed by atoms with E-state index in [2.05, 4.69) is 5.32 Å². The van der Waals surface area contributed by atoms with E-state index >= 15 is 0 Å². The van der Waals surface area contributed by atoms with Crippen molar-refractivity contribution in [3.8, 4) is 5.75 Å². The van der Waals surface area contributed by atoms with Gasteiger partial charge in [0.15, 0.2) is 6.61 Å². The van der Waals surface area contributed by atoms with Crippen molar-refractivity contribution in [1.29, 1.82) is 0 Å². The number of rotatable bonds is 7. The number of para-hydroxylation sites is 1. The van der Waals surface area contributed by atoms with Crippen LogP contribution in [-0.4, -0.2) is 25.1 Å². The second-order valence-electron chi connectivity index (χ2n) is 5.37. The third-order valence-corrected chi connectivity index (χ3v) is 3.56. The summed E-state index contributed by atoms with van der Waals surface area (Å²) >= 11 is 0. The summed E-state index contributed by atoms with van der Waals surface area (Å²) in [4.78, 5) is 23.5. The molecule has 0 saturated carbocycles. The van der Waals surface area contributed by atoms with E-state index in [9.17, 15) is 9.59 Å². The molecule has 0 aliphatic heterocycles. The van der Waals surface area contributed by atoms with Gasteiger partial charge in [0.1, 0.15) is 5.75 Å². The van der Waals surface area contributed by atoms with Gasteiger partial charge in [0.2, 0.25) is 0 Å². The number of carbonyl (C=O) groups is 2. The predicted octanol–water partition coefficient (Wildman–Crippen LogP) is 3.25. The lowest BCUT2D eigenvalue weighted by molar-refractivity contribution is -0.147. The molecule has 1 amide bonds. The largest absolute Gasteiger partial charge is 0.493 e. The lowest BCUT2D eigenvalue weighted by Crippen LogP contribution is -2.22. The number of esters is 1. The number of anilines is 1. The maximum atomic E-state index is 11.9. The van der Waals surface area contributed by atoms with E-state index in [1.165, 1.54) is 0 Å². The molecule has 0 heterocycles. The second-order valence-corrected chi connectivity index (χ2v) is 5.37. The smallest absolute Gasteiger partial charge is 0.309 e. The van der Waals surface area contributed by atoms with E-state index in [0.717, 1.165) is 16.8 Å². The Hall–Kier alpha value is -2.82. The summed E-state index contributed by atoms with van der Waals surface area (Å²) in [5.41, 5.74) is 2.81. The van der Waals surface area contributed by atoms with Crippen LogP contribution in [0.5, 0.6) is 5.75 Å². The highest BCUT2D eigenvalue weighted by atomic mass is 16.5. The van der Waals surface area contributed by atoms with E-state index in [-0.39, 0.29) is 25.5 Å². The first-order valence-electron chi connectivity index (χ1n) is 7.76. The van der Waals surface area contributed by atoms with Crippen molar-refractivity contribution in [2.75, 3.05) is 18.5 Å². The summed E-state index contributed by atoms with van der Waals surface area (Å²) in [7, 11) is 0. The molecule has 0 bridgehead atoms. The number of aryl methyl sites for hydroxylation is 1. The number of nitrogens with one attached hydrogen (secondary N) is 1. The first-order chi connectivity index (χ1) is 11.6. The van der Waals surface area contributed by atoms with Crippen LogP contribution in [0.2, 0.25) is 0 Å². The Bertz CT molecular complexity index is 698. The molecule has 0 unspecified atom stereocenters. The Balaban J connectivity index is 1.69. The molecule has 0 aliphatic carbocycles. The van der Waals surface area contributed by atoms with Crippen LogP contribution in [-0.2, 0) is 14.3 Å². The Morgan fingerprint density at radius 3 is 2.50 bits per heavy atom. The van der Waals surface area contributed by atoms with Gasteiger partial charge in [0, 0.05) is 5.69 Å². The van der Waals surface area contributed by atoms with E-state index in [1.54, 1.807) is 0 Å². The van der Waals surface area contributed by atoms with Gasteiger partial charge in [-0.3, -0.25) is 9.59 Å². The molecular formula is C19H21NO4. The molecule has 0 spiro atoms. The summed E-state index contributed by atoms with van der Waals surface area (Å²) in [6.45, 7) is 3.80. The summed E-state index contributed by atoms with van der Waals surface area (Å²) in [5, 5.41) is 2.74. The molecule has 2 aromatic carbocycles. The molecule has 0 saturated heterocycles. The van der Waals surface area contributed by atoms with Crippen LogP contribution in [0.15, 0.2) is 48.5 Å². The monoisotopic (exact) mass is 327 g/mol. The highest BCUT2D eigenvalue weighted by molar-refractivity contribution is 5.93. The molecule has 0 fully saturated rings. The van der Waals surface area contributed by atoms with Crippen molar-refractivity contribution in [3.63, 3.8) is 0 Å². The molecule has 0 aliphatic rings. The molecule has 0 atom stereocenters. The molecule has 24 heavy (non-hydrogen) atoms. The predicted molar refractivity (Wildman–Crippen MR) is 92.1 cm³/mol. The first-order valence-corrected chi connectivity index (χ1v) is 7.76. The van der Waals surface area contributed by atoms with Crippen molar-refractivity contribution in [2.45, 2.75) is 20.3 Å². The van der Waals surface area contributed by atoms with Gasteiger partial charge in [-0.2, -0.15) is 0 Å². The number of hydrogen-bond acceptors (Lipinski definition) is 4. The zero-order valence-corrected chi connectivity index (χ0v) is 13.9. The quantitative estimate of drug-likeness (QED) is 0.793. The standard InChI is InChI=1S/C19H21NO4/c1-14-7-6-10-17(15(14)2)20-18(21)13-24-19(22)11-12-23-16-8-4-3-5-9-16/h3-10H,11-13H2,1-2H3,(H,20,21). The highest BCUT2D eigenvalue weighted by Gasteiger charge is 2.10. The molecule has 1 N–H and O–H groups in total. The summed E-state index contributed by atoms with van der Waals surface area (Å²) in [6, 6.07) is 14.9. The summed E-state index contributed by atoms with van der Waals surface area (Å²) < 4.78 is 10.4. The minimum absolute atomic E-state index is 0.0889. The van der Waals surface area contributed by atoms with Crippen molar-refractivity contribution < 1.29 is 19.1 Å². The highest BCUT2D eigenvalue weighted by Crippen LogP contribution is 2.17. The molecule has 5 nitrogen and oxygen atoms in total. The summed E-state index contributed by atoms with van der Waals surface area (Å²) in [6.07, 6.45) is 0.0889. The van der Waals surface area contributed by atoms with Crippen LogP contribution >= 0.6 is 0 Å². The lowest BCUT2D eigenvalue weighted by atomic mass is 10.1. The first kappa shape index (κ1) is 17.5. The van der Waals surface area contributed by atoms with Gasteiger partial charge in [-0.1, -0.05) is 30.3 Å². The van der Waals surface area contributed by atoms with E-state index in [4.69, 9.17) is 9.47 Å². The fourth-order valence-corrected chi connectivity index (χ4v) is 2.06. The number of hydrogen-bond donors (Lipinski definition) is 1. The third-order valence-electron chi connectivity index (χ3n) is 3.56. The lowest BCUT2D eigenvalue weighted by Gasteiger charge is -2.11. The van der Waals surface area contributed by atoms with Crippen LogP contribution in [0.3, 0.4) is 0 Å². The molecule has 0 radical (unpaired) electrons. The van der Waals surface area contributed by atoms with Gasteiger partial charge in [0.05, 0.1) is 13.0 Å². The van der Waals surface area contributed by atoms with Gasteiger partial charge < -0.3 is 14.8 Å². The van der Waals surface area contributed by atoms with E-state index in [1.807, 2.05) is 62.4 Å². The van der Waals surface area contributed by atoms with Crippen molar-refractivity contribution in [2.24, 2.45) is 0 Å². The van der Waals surface area contributed by atoms with Gasteiger partial charge >= 0.3 is 5.97 Å². The summed E-state index contributed by atoms with van der Waals surface area (Å²) in [5.74, 6) is -0.138. The maximum absolute atomic E-state index is 11.9. The average Bonchev–Trinajstić information content (AvgIpc) is 2.58. The van der Waals surface area contributed by atoms with Crippen LogP contribution in [0.4, 0.5) is 5.69 Å². The van der Waals surface area contributed by atoms with Crippen LogP contribution in [0.1, 0.15) is 17.5 Å². The number of benzene rings is 2. The zero-order valence-electron chi connectivity index (χ0n) is 13.9. The normalized spacial score (nSPS) is 10.1. The van der Waals surface area contributed by atoms with Crippen molar-refractivity contribution in [1.82, 2.24) is 0 Å². The number of ether oxygens (including phenoxy) is 2. The Labute approximate surface area is 141 Å². The second kappa shape index (κ2) is 8.72. The maximum Gasteiger partial charge on any atom is 0.309 e. The number of carbonyl (C=O) groups excluding carboxylic acids is 2.